The summed E-state index contributed by atoms with van der Waals surface area (Å²) in [6.45, 7) is 30.8. The molecule has 7 aliphatic heterocycles. The third-order valence-electron chi connectivity index (χ3n) is 17.0. The number of nitrogens with one attached hydrogen (secondary N) is 1. The molecular weight excluding hydrogens is 1390 g/mol. The number of hydrogen-bond acceptors (Lipinski definition) is 22. The molecular formula is C73H102F4N12O17. The number of piperazine rings is 4. The first-order valence-electron chi connectivity index (χ1n) is 35.3. The summed E-state index contributed by atoms with van der Waals surface area (Å²) in [7, 11) is 1.54. The standard InChI is InChI=1S/C20H28FN3O5.2C19H26FN3O5.C15H22FN3O2/c1-20(2,3)29-18(25)23-9-7-22(8-10-23)17-6-5-14(11-16(17)21)24-15(12-27-4)13-28-19(24)26;1-19(2,3)28-18(25)23-8-6-22(7-9-23)16-5-4-13(10-15(16)20)21-17(24)27-12-14-11-26-14;1-19(2,3)28-17(25)22-8-6-21(7-9-22)16-5-4-13(10-15(16)20)23-14(11-24)12-27-18(23)26;1-15(2,3)21-14(20)19-8-6-18(7-9-19)13-5-4-11(17)10-12(13)16/h5-6,11,15H,7-10,12-13H2,1-4H3;4-5,10,14H,6-9,11-12H2,1-3H3,(H,21,24);4-5,10,14,24H,6-9,11-12H2,1-3H3;4-5,10H,6-9,17H2,1-3H3. The number of amides is 7. The average Bonchev–Trinajstić information content (AvgIpc) is 1.45. The van der Waals surface area contributed by atoms with E-state index in [2.05, 4.69) is 5.32 Å². The minimum Gasteiger partial charge on any atom is -0.447 e. The van der Waals surface area contributed by atoms with E-state index in [1.807, 2.05) is 103 Å². The van der Waals surface area contributed by atoms with Gasteiger partial charge in [0.15, 0.2) is 0 Å². The second-order valence-corrected chi connectivity index (χ2v) is 30.0. The molecule has 0 saturated carbocycles. The minimum absolute atomic E-state index is 0.0239. The van der Waals surface area contributed by atoms with Gasteiger partial charge < -0.3 is 92.7 Å². The van der Waals surface area contributed by atoms with Gasteiger partial charge >= 0.3 is 42.7 Å². The number of cyclic esters (lactones) is 2. The fraction of sp³-hybridized carbons (Fsp3) is 0.575. The number of halogens is 4. The van der Waals surface area contributed by atoms with Crippen LogP contribution < -0.4 is 40.4 Å². The van der Waals surface area contributed by atoms with E-state index in [0.29, 0.717) is 163 Å². The number of aliphatic hydroxyl groups excluding tert-OH is 1. The second-order valence-electron chi connectivity index (χ2n) is 30.0. The van der Waals surface area contributed by atoms with Crippen molar-refractivity contribution in [2.45, 2.75) is 124 Å². The lowest BCUT2D eigenvalue weighted by Crippen LogP contribution is -2.50. The van der Waals surface area contributed by atoms with Gasteiger partial charge in [-0.3, -0.25) is 15.1 Å². The van der Waals surface area contributed by atoms with E-state index >= 15 is 0 Å². The Labute approximate surface area is 616 Å². The molecule has 0 spiro atoms. The number of rotatable bonds is 12. The average molecular weight is 1500 g/mol. The van der Waals surface area contributed by atoms with Crippen LogP contribution in [0.15, 0.2) is 72.8 Å². The molecule has 0 aliphatic carbocycles. The molecule has 7 heterocycles. The molecule has 0 bridgehead atoms. The first kappa shape index (κ1) is 82.0. The van der Waals surface area contributed by atoms with Gasteiger partial charge in [0.2, 0.25) is 0 Å². The molecule has 33 heteroatoms. The van der Waals surface area contributed by atoms with Crippen molar-refractivity contribution in [1.29, 1.82) is 0 Å². The van der Waals surface area contributed by atoms with Crippen LogP contribution in [0.4, 0.5) is 96.6 Å². The summed E-state index contributed by atoms with van der Waals surface area (Å²) in [6, 6.07) is 17.6. The smallest absolute Gasteiger partial charge is 0.414 e. The highest BCUT2D eigenvalue weighted by Crippen LogP contribution is 2.33. The lowest BCUT2D eigenvalue weighted by molar-refractivity contribution is 0.0230. The van der Waals surface area contributed by atoms with Crippen LogP contribution >= 0.6 is 0 Å². The Kier molecular flexibility index (Phi) is 27.6. The zero-order valence-electron chi connectivity index (χ0n) is 62.8. The molecule has 29 nitrogen and oxygen atoms in total. The number of methoxy groups -OCH3 is 1. The Morgan fingerprint density at radius 3 is 1.09 bits per heavy atom. The first-order chi connectivity index (χ1) is 49.9. The van der Waals surface area contributed by atoms with Gasteiger partial charge in [0.05, 0.1) is 66.0 Å². The van der Waals surface area contributed by atoms with Gasteiger partial charge in [-0.2, -0.15) is 0 Å². The number of nitrogen functional groups attached to an aromatic ring is 1. The molecule has 3 atom stereocenters. The molecule has 4 aromatic rings. The summed E-state index contributed by atoms with van der Waals surface area (Å²) in [4.78, 5) is 101. The van der Waals surface area contributed by atoms with E-state index in [0.717, 1.165) is 0 Å². The van der Waals surface area contributed by atoms with Crippen molar-refractivity contribution in [3.05, 3.63) is 96.1 Å². The number of epoxide rings is 1. The molecule has 11 rings (SSSR count). The third kappa shape index (κ3) is 23.9. The van der Waals surface area contributed by atoms with Crippen LogP contribution in [-0.4, -0.2) is 259 Å². The van der Waals surface area contributed by atoms with Crippen molar-refractivity contribution < 1.29 is 98.9 Å². The molecule has 7 fully saturated rings. The number of carbonyl (C=O) groups excluding carboxylic acids is 7. The zero-order chi connectivity index (χ0) is 77.6. The van der Waals surface area contributed by atoms with Crippen molar-refractivity contribution in [2.75, 3.05) is 192 Å². The highest BCUT2D eigenvalue weighted by Gasteiger charge is 2.38. The van der Waals surface area contributed by atoms with Gasteiger partial charge in [-0.05, 0) is 156 Å². The van der Waals surface area contributed by atoms with Crippen molar-refractivity contribution in [3.8, 4) is 0 Å². The van der Waals surface area contributed by atoms with Gasteiger partial charge in [0, 0.05) is 123 Å². The van der Waals surface area contributed by atoms with E-state index in [-0.39, 0.29) is 68.8 Å². The highest BCUT2D eigenvalue weighted by atomic mass is 19.1. The summed E-state index contributed by atoms with van der Waals surface area (Å²) < 4.78 is 104. The number of benzene rings is 4. The van der Waals surface area contributed by atoms with Crippen molar-refractivity contribution in [3.63, 3.8) is 0 Å². The van der Waals surface area contributed by atoms with Crippen molar-refractivity contribution >= 4 is 88.2 Å². The lowest BCUT2D eigenvalue weighted by Gasteiger charge is -2.37. The maximum Gasteiger partial charge on any atom is 0.414 e. The Hall–Kier alpha value is -9.63. The summed E-state index contributed by atoms with van der Waals surface area (Å²) in [5.74, 6) is -1.68. The Balaban J connectivity index is 0.000000180. The molecule has 7 aliphatic rings. The largest absolute Gasteiger partial charge is 0.447 e. The molecule has 4 aromatic carbocycles. The van der Waals surface area contributed by atoms with E-state index in [9.17, 15) is 56.2 Å². The van der Waals surface area contributed by atoms with Crippen LogP contribution in [0.25, 0.3) is 0 Å². The van der Waals surface area contributed by atoms with Crippen molar-refractivity contribution in [1.82, 2.24) is 19.6 Å². The summed E-state index contributed by atoms with van der Waals surface area (Å²) in [6.07, 6.45) is -3.18. The summed E-state index contributed by atoms with van der Waals surface area (Å²) >= 11 is 0. The molecule has 584 valence electrons. The monoisotopic (exact) mass is 1490 g/mol. The summed E-state index contributed by atoms with van der Waals surface area (Å²) in [5, 5.41) is 11.9. The molecule has 0 aromatic heterocycles. The van der Waals surface area contributed by atoms with Crippen LogP contribution in [0, 0.1) is 23.3 Å². The Morgan fingerprint density at radius 1 is 0.462 bits per heavy atom. The maximum atomic E-state index is 14.8. The van der Waals surface area contributed by atoms with Gasteiger partial charge in [0.25, 0.3) is 0 Å². The number of aliphatic hydroxyl groups is 1. The predicted octanol–water partition coefficient (Wildman–Crippen LogP) is 10.3. The Morgan fingerprint density at radius 2 is 0.783 bits per heavy atom. The van der Waals surface area contributed by atoms with E-state index in [4.69, 9.17) is 48.4 Å². The molecule has 4 N–H and O–H groups in total. The lowest BCUT2D eigenvalue weighted by atomic mass is 10.2. The number of nitrogens with zero attached hydrogens (tertiary/aromatic N) is 10. The molecule has 7 amide bonds. The fourth-order valence-corrected chi connectivity index (χ4v) is 11.7. The van der Waals surface area contributed by atoms with Crippen LogP contribution in [-0.2, 0) is 42.6 Å². The highest BCUT2D eigenvalue weighted by molar-refractivity contribution is 5.91. The van der Waals surface area contributed by atoms with Gasteiger partial charge in [0.1, 0.15) is 71.6 Å². The number of anilines is 8. The van der Waals surface area contributed by atoms with Crippen LogP contribution in [0.5, 0.6) is 0 Å². The van der Waals surface area contributed by atoms with Crippen LogP contribution in [0.3, 0.4) is 0 Å². The minimum atomic E-state index is -0.645. The fourth-order valence-electron chi connectivity index (χ4n) is 11.7. The molecule has 3 unspecified atom stereocenters. The predicted molar refractivity (Wildman–Crippen MR) is 389 cm³/mol. The van der Waals surface area contributed by atoms with Gasteiger partial charge in [-0.1, -0.05) is 0 Å². The molecule has 0 radical (unpaired) electrons. The Bertz CT molecular complexity index is 3690. The van der Waals surface area contributed by atoms with Gasteiger partial charge in [-0.25, -0.2) is 51.1 Å². The van der Waals surface area contributed by atoms with Crippen LogP contribution in [0.2, 0.25) is 0 Å². The zero-order valence-corrected chi connectivity index (χ0v) is 62.8. The van der Waals surface area contributed by atoms with Crippen LogP contribution in [0.1, 0.15) is 83.1 Å². The SMILES string of the molecule is CC(C)(C)OC(=O)N1CCN(c2ccc(N)cc2F)CC1.CC(C)(C)OC(=O)N1CCN(c2ccc(N3C(=O)OCC3CO)cc2F)CC1.CC(C)(C)OC(=O)N1CCN(c2ccc(NC(=O)OCC3CO3)cc2F)CC1.COCC1COC(=O)N1c1ccc(N2CCN(C(=O)OC(C)(C)C)CC2)c(F)c1. The molecule has 106 heavy (non-hydrogen) atoms. The number of nitrogens with two attached hydrogens (primary N) is 1. The van der Waals surface area contributed by atoms with E-state index in [1.54, 1.807) is 75.2 Å². The molecule has 7 saturated heterocycles. The first-order valence-corrected chi connectivity index (χ1v) is 35.3. The van der Waals surface area contributed by atoms with E-state index < -0.39 is 64.2 Å². The maximum absolute atomic E-state index is 14.8. The second kappa shape index (κ2) is 35.6. The summed E-state index contributed by atoms with van der Waals surface area (Å²) in [5.41, 5.74) is 6.68. The number of hydrogen-bond donors (Lipinski definition) is 3. The van der Waals surface area contributed by atoms with E-state index in [1.165, 1.54) is 34.1 Å². The number of ether oxygens (including phenoxy) is 9. The third-order valence-corrected chi connectivity index (χ3v) is 17.0. The number of carbonyl (C=O) groups is 7. The topological polar surface area (TPSA) is 297 Å². The van der Waals surface area contributed by atoms with Crippen molar-refractivity contribution in [2.24, 2.45) is 0 Å². The van der Waals surface area contributed by atoms with Gasteiger partial charge in [-0.15, -0.1) is 0 Å². The normalized spacial score (nSPS) is 19.1. The quantitative estimate of drug-likeness (QED) is 0.0514.